The molecule has 2 aliphatic heterocycles. The number of hydrogen-bond donors (Lipinski definition) is 3. The second-order valence-electron chi connectivity index (χ2n) is 11.3. The van der Waals surface area contributed by atoms with Gasteiger partial charge in [-0.25, -0.2) is 18.7 Å². The zero-order chi connectivity index (χ0) is 29.3. The minimum atomic E-state index is -2.61. The van der Waals surface area contributed by atoms with E-state index >= 15 is 0 Å². The number of pyridine rings is 1. The fourth-order valence-corrected chi connectivity index (χ4v) is 5.52. The number of piperidine rings is 2. The number of aromatic nitrogens is 3. The van der Waals surface area contributed by atoms with Gasteiger partial charge in [-0.2, -0.15) is 0 Å². The van der Waals surface area contributed by atoms with Crippen molar-refractivity contribution in [3.63, 3.8) is 0 Å². The highest BCUT2D eigenvalue weighted by Gasteiger charge is 2.34. The lowest BCUT2D eigenvalue weighted by molar-refractivity contribution is -0.0220. The molecule has 2 amide bonds. The molecule has 2 saturated heterocycles. The number of rotatable bonds is 8. The summed E-state index contributed by atoms with van der Waals surface area (Å²) < 4.78 is 27.1. The van der Waals surface area contributed by atoms with Crippen molar-refractivity contribution >= 4 is 34.8 Å². The van der Waals surface area contributed by atoms with E-state index in [-0.39, 0.29) is 36.3 Å². The van der Waals surface area contributed by atoms with Gasteiger partial charge >= 0.3 is 0 Å². The van der Waals surface area contributed by atoms with Crippen molar-refractivity contribution in [3.05, 3.63) is 65.7 Å². The predicted octanol–water partition coefficient (Wildman–Crippen LogP) is 4.23. The van der Waals surface area contributed by atoms with Gasteiger partial charge in [0.15, 0.2) is 11.5 Å². The first-order valence-electron chi connectivity index (χ1n) is 14.4. The van der Waals surface area contributed by atoms with E-state index in [1.165, 1.54) is 6.20 Å². The van der Waals surface area contributed by atoms with E-state index in [4.69, 9.17) is 5.73 Å². The Morgan fingerprint density at radius 2 is 1.69 bits per heavy atom. The number of anilines is 4. The Balaban J connectivity index is 1.12. The van der Waals surface area contributed by atoms with E-state index in [0.29, 0.717) is 42.6 Å². The van der Waals surface area contributed by atoms with Gasteiger partial charge in [-0.3, -0.25) is 14.6 Å². The number of nitrogens with one attached hydrogen (secondary N) is 2. The molecule has 220 valence electrons. The summed E-state index contributed by atoms with van der Waals surface area (Å²) in [7, 11) is 0. The third-order valence-corrected chi connectivity index (χ3v) is 8.11. The molecule has 1 aliphatic carbocycles. The minimum Gasteiger partial charge on any atom is -0.371 e. The Hall–Kier alpha value is -4.35. The van der Waals surface area contributed by atoms with Crippen molar-refractivity contribution in [2.75, 3.05) is 41.3 Å². The smallest absolute Gasteiger partial charge is 0.271 e. The Morgan fingerprint density at radius 1 is 0.929 bits per heavy atom. The first kappa shape index (κ1) is 27.8. The van der Waals surface area contributed by atoms with Crippen LogP contribution in [0.5, 0.6) is 0 Å². The van der Waals surface area contributed by atoms with Crippen LogP contribution in [0.15, 0.2) is 48.8 Å². The molecule has 4 heterocycles. The van der Waals surface area contributed by atoms with E-state index in [1.807, 2.05) is 34.1 Å². The molecular formula is C30H34F2N8O2. The van der Waals surface area contributed by atoms with Crippen molar-refractivity contribution in [1.82, 2.24) is 20.3 Å². The van der Waals surface area contributed by atoms with E-state index in [2.05, 4.69) is 25.6 Å². The average Bonchev–Trinajstić information content (AvgIpc) is 3.84. The van der Waals surface area contributed by atoms with Gasteiger partial charge in [0.2, 0.25) is 0 Å². The lowest BCUT2D eigenvalue weighted by Gasteiger charge is -2.34. The largest absolute Gasteiger partial charge is 0.371 e. The van der Waals surface area contributed by atoms with Gasteiger partial charge in [0.1, 0.15) is 5.82 Å². The molecule has 3 aromatic rings. The average molecular weight is 577 g/mol. The summed E-state index contributed by atoms with van der Waals surface area (Å²) in [4.78, 5) is 42.4. The van der Waals surface area contributed by atoms with Crippen molar-refractivity contribution in [1.29, 1.82) is 0 Å². The van der Waals surface area contributed by atoms with Crippen LogP contribution in [0.25, 0.3) is 0 Å². The maximum absolute atomic E-state index is 13.5. The summed E-state index contributed by atoms with van der Waals surface area (Å²) in [5.41, 5.74) is 8.68. The van der Waals surface area contributed by atoms with Crippen LogP contribution in [0.4, 0.5) is 31.8 Å². The van der Waals surface area contributed by atoms with Gasteiger partial charge in [0.05, 0.1) is 11.8 Å². The molecule has 3 fully saturated rings. The highest BCUT2D eigenvalue weighted by Crippen LogP contribution is 2.38. The number of primary amides is 1. The zero-order valence-corrected chi connectivity index (χ0v) is 23.2. The molecule has 3 aliphatic rings. The fourth-order valence-electron chi connectivity index (χ4n) is 5.52. The van der Waals surface area contributed by atoms with E-state index in [9.17, 15) is 18.4 Å². The maximum atomic E-state index is 13.5. The summed E-state index contributed by atoms with van der Waals surface area (Å²) in [6.45, 7) is 1.84. The molecule has 4 N–H and O–H groups in total. The van der Waals surface area contributed by atoms with E-state index < -0.39 is 11.8 Å². The molecular weight excluding hydrogens is 542 g/mol. The van der Waals surface area contributed by atoms with Crippen molar-refractivity contribution < 1.29 is 18.4 Å². The van der Waals surface area contributed by atoms with E-state index in [0.717, 1.165) is 43.6 Å². The minimum absolute atomic E-state index is 0.00472. The molecule has 0 bridgehead atoms. The van der Waals surface area contributed by atoms with Gasteiger partial charge in [-0.05, 0) is 62.1 Å². The molecule has 1 saturated carbocycles. The normalized spacial score (nSPS) is 20.2. The molecule has 42 heavy (non-hydrogen) atoms. The molecule has 0 radical (unpaired) electrons. The van der Waals surface area contributed by atoms with Gasteiger partial charge in [-0.15, -0.1) is 0 Å². The maximum Gasteiger partial charge on any atom is 0.271 e. The number of alkyl halides is 2. The number of nitrogens with two attached hydrogens (primary N) is 1. The number of nitrogens with zero attached hydrogens (tertiary/aromatic N) is 5. The second kappa shape index (κ2) is 11.5. The molecule has 12 heteroatoms. The lowest BCUT2D eigenvalue weighted by Crippen LogP contribution is -2.48. The molecule has 10 nitrogen and oxygen atoms in total. The monoisotopic (exact) mass is 576 g/mol. The van der Waals surface area contributed by atoms with Crippen LogP contribution in [0.3, 0.4) is 0 Å². The van der Waals surface area contributed by atoms with Crippen LogP contribution in [0.1, 0.15) is 71.0 Å². The first-order chi connectivity index (χ1) is 20.2. The third kappa shape index (κ3) is 6.42. The summed E-state index contributed by atoms with van der Waals surface area (Å²) in [5, 5.41) is 6.26. The number of amides is 2. The fraction of sp³-hybridized carbons (Fsp3) is 0.433. The molecule has 2 aromatic heterocycles. The Morgan fingerprint density at radius 3 is 2.36 bits per heavy atom. The molecule has 0 spiro atoms. The Kier molecular flexibility index (Phi) is 7.61. The van der Waals surface area contributed by atoms with Crippen LogP contribution in [-0.2, 0) is 0 Å². The Labute approximate surface area is 242 Å². The zero-order valence-electron chi connectivity index (χ0n) is 23.2. The topological polar surface area (TPSA) is 129 Å². The van der Waals surface area contributed by atoms with Crippen LogP contribution < -0.4 is 26.2 Å². The van der Waals surface area contributed by atoms with Crippen LogP contribution >= 0.6 is 0 Å². The van der Waals surface area contributed by atoms with Crippen LogP contribution in [-0.4, -0.2) is 64.9 Å². The van der Waals surface area contributed by atoms with Gasteiger partial charge < -0.3 is 26.2 Å². The van der Waals surface area contributed by atoms with Crippen LogP contribution in [0, 0.1) is 0 Å². The Bertz CT molecular complexity index is 1440. The number of carbonyl (C=O) groups is 2. The number of hydrogen-bond acceptors (Lipinski definition) is 8. The molecule has 1 atom stereocenters. The predicted molar refractivity (Wildman–Crippen MR) is 156 cm³/mol. The van der Waals surface area contributed by atoms with Crippen LogP contribution in [0.2, 0.25) is 0 Å². The second-order valence-corrected chi connectivity index (χ2v) is 11.3. The molecule has 6 rings (SSSR count). The third-order valence-electron chi connectivity index (χ3n) is 8.11. The van der Waals surface area contributed by atoms with Gasteiger partial charge in [-0.1, -0.05) is 0 Å². The molecule has 1 aromatic carbocycles. The van der Waals surface area contributed by atoms with Gasteiger partial charge in [0.25, 0.3) is 17.7 Å². The van der Waals surface area contributed by atoms with Gasteiger partial charge in [0, 0.05) is 74.2 Å². The standard InChI is InChI=1S/C30H34F2N8O2/c31-30(32)11-14-39(15-12-30)23-8-6-21(7-9-23)36-28-26(27(33)41)35-17-25(38-28)40-13-1-2-22(18-40)37-29(42)20-5-10-24(34-16-20)19-3-4-19/h5-10,16-17,19,22H,1-4,11-15,18H2,(H2,33,41)(H,36,38)(H,37,42)/t22-/m1/s1. The first-order valence-corrected chi connectivity index (χ1v) is 14.4. The summed E-state index contributed by atoms with van der Waals surface area (Å²) >= 11 is 0. The molecule has 0 unspecified atom stereocenters. The highest BCUT2D eigenvalue weighted by atomic mass is 19.3. The SMILES string of the molecule is NC(=O)c1ncc(N2CCC[C@@H](NC(=O)c3ccc(C4CC4)nc3)C2)nc1Nc1ccc(N2CCC(F)(F)CC2)cc1. The quantitative estimate of drug-likeness (QED) is 0.364. The number of carbonyl (C=O) groups excluding carboxylic acids is 2. The van der Waals surface area contributed by atoms with E-state index in [1.54, 1.807) is 18.3 Å². The summed E-state index contributed by atoms with van der Waals surface area (Å²) in [6, 6.07) is 11.0. The highest BCUT2D eigenvalue weighted by molar-refractivity contribution is 5.96. The number of halogens is 2. The summed E-state index contributed by atoms with van der Waals surface area (Å²) in [5.74, 6) is -2.16. The summed E-state index contributed by atoms with van der Waals surface area (Å²) in [6.07, 6.45) is 6.83. The number of benzene rings is 1. The van der Waals surface area contributed by atoms with Crippen molar-refractivity contribution in [3.8, 4) is 0 Å². The van der Waals surface area contributed by atoms with Crippen molar-refractivity contribution in [2.45, 2.75) is 56.4 Å². The van der Waals surface area contributed by atoms with Crippen molar-refractivity contribution in [2.24, 2.45) is 5.73 Å². The lowest BCUT2D eigenvalue weighted by atomic mass is 10.1.